The average Bonchev–Trinajstić information content (AvgIpc) is 2.22. The van der Waals surface area contributed by atoms with Crippen LogP contribution in [-0.4, -0.2) is 30.5 Å². The third-order valence-corrected chi connectivity index (χ3v) is 2.30. The Morgan fingerprint density at radius 2 is 2.20 bits per heavy atom. The summed E-state index contributed by atoms with van der Waals surface area (Å²) in [6.45, 7) is 5.14. The van der Waals surface area contributed by atoms with Crippen LogP contribution in [0.4, 0.5) is 0 Å². The molecule has 0 aliphatic carbocycles. The van der Waals surface area contributed by atoms with Gasteiger partial charge in [-0.2, -0.15) is 0 Å². The summed E-state index contributed by atoms with van der Waals surface area (Å²) in [6, 6.07) is 4.25. The first-order chi connectivity index (χ1) is 7.26. The van der Waals surface area contributed by atoms with Gasteiger partial charge in [0.2, 0.25) is 0 Å². The Morgan fingerprint density at radius 1 is 1.40 bits per heavy atom. The summed E-state index contributed by atoms with van der Waals surface area (Å²) in [4.78, 5) is 6.73. The van der Waals surface area contributed by atoms with Gasteiger partial charge < -0.3 is 10.2 Å². The second-order valence-electron chi connectivity index (χ2n) is 3.93. The number of pyridine rings is 1. The van der Waals surface area contributed by atoms with Crippen LogP contribution in [0.1, 0.15) is 24.6 Å². The van der Waals surface area contributed by atoms with E-state index in [1.807, 2.05) is 13.2 Å². The molecule has 1 N–H and O–H groups in total. The topological polar surface area (TPSA) is 28.2 Å². The average molecular weight is 207 g/mol. The molecule has 3 heteroatoms. The molecule has 1 rings (SSSR count). The first-order valence-corrected chi connectivity index (χ1v) is 5.53. The van der Waals surface area contributed by atoms with Crippen molar-refractivity contribution in [1.29, 1.82) is 0 Å². The first-order valence-electron chi connectivity index (χ1n) is 5.53. The Morgan fingerprint density at radius 3 is 2.73 bits per heavy atom. The molecular weight excluding hydrogens is 186 g/mol. The van der Waals surface area contributed by atoms with Gasteiger partial charge >= 0.3 is 0 Å². The van der Waals surface area contributed by atoms with Crippen LogP contribution in [0.15, 0.2) is 18.3 Å². The van der Waals surface area contributed by atoms with E-state index in [2.05, 4.69) is 41.3 Å². The van der Waals surface area contributed by atoms with Crippen LogP contribution in [0.2, 0.25) is 0 Å². The van der Waals surface area contributed by atoms with Gasteiger partial charge in [-0.1, -0.05) is 13.0 Å². The van der Waals surface area contributed by atoms with Crippen molar-refractivity contribution in [2.45, 2.75) is 26.4 Å². The van der Waals surface area contributed by atoms with Gasteiger partial charge in [-0.15, -0.1) is 0 Å². The maximum absolute atomic E-state index is 4.44. The fourth-order valence-corrected chi connectivity index (χ4v) is 1.59. The van der Waals surface area contributed by atoms with Crippen molar-refractivity contribution in [1.82, 2.24) is 15.2 Å². The predicted molar refractivity (Wildman–Crippen MR) is 63.6 cm³/mol. The van der Waals surface area contributed by atoms with E-state index in [0.29, 0.717) is 0 Å². The van der Waals surface area contributed by atoms with E-state index < -0.39 is 0 Å². The van der Waals surface area contributed by atoms with Crippen molar-refractivity contribution < 1.29 is 0 Å². The van der Waals surface area contributed by atoms with Gasteiger partial charge in [-0.05, 0) is 38.7 Å². The van der Waals surface area contributed by atoms with Crippen molar-refractivity contribution in [3.63, 3.8) is 0 Å². The molecule has 0 amide bonds. The SMILES string of the molecule is CCCN(C)Cc1ccc(CNC)cn1. The van der Waals surface area contributed by atoms with E-state index in [1.54, 1.807) is 0 Å². The molecule has 1 aromatic rings. The summed E-state index contributed by atoms with van der Waals surface area (Å²) in [7, 11) is 4.08. The first kappa shape index (κ1) is 12.1. The van der Waals surface area contributed by atoms with Gasteiger partial charge in [0.15, 0.2) is 0 Å². The fourth-order valence-electron chi connectivity index (χ4n) is 1.59. The predicted octanol–water partition coefficient (Wildman–Crippen LogP) is 1.64. The third-order valence-electron chi connectivity index (χ3n) is 2.30. The quantitative estimate of drug-likeness (QED) is 0.768. The lowest BCUT2D eigenvalue weighted by molar-refractivity contribution is 0.323. The molecular formula is C12H21N3. The van der Waals surface area contributed by atoms with E-state index in [9.17, 15) is 0 Å². The van der Waals surface area contributed by atoms with E-state index in [0.717, 1.165) is 25.3 Å². The summed E-state index contributed by atoms with van der Waals surface area (Å²) in [6.07, 6.45) is 3.14. The molecule has 0 atom stereocenters. The van der Waals surface area contributed by atoms with Gasteiger partial charge in [0.1, 0.15) is 0 Å². The lowest BCUT2D eigenvalue weighted by Gasteiger charge is -2.14. The number of hydrogen-bond acceptors (Lipinski definition) is 3. The van der Waals surface area contributed by atoms with Gasteiger partial charge in [0.05, 0.1) is 5.69 Å². The molecule has 0 saturated carbocycles. The molecule has 15 heavy (non-hydrogen) atoms. The second kappa shape index (κ2) is 6.53. The summed E-state index contributed by atoms with van der Waals surface area (Å²) >= 11 is 0. The Balaban J connectivity index is 2.48. The van der Waals surface area contributed by atoms with Gasteiger partial charge in [0, 0.05) is 19.3 Å². The molecule has 3 nitrogen and oxygen atoms in total. The van der Waals surface area contributed by atoms with Crippen molar-refractivity contribution >= 4 is 0 Å². The molecule has 0 saturated heterocycles. The van der Waals surface area contributed by atoms with Gasteiger partial charge in [-0.3, -0.25) is 4.98 Å². The lowest BCUT2D eigenvalue weighted by atomic mass is 10.2. The highest BCUT2D eigenvalue weighted by Gasteiger charge is 2.00. The normalized spacial score (nSPS) is 10.9. The van der Waals surface area contributed by atoms with Crippen LogP contribution in [0.25, 0.3) is 0 Å². The standard InChI is InChI=1S/C12H21N3/c1-4-7-15(3)10-12-6-5-11(8-13-2)9-14-12/h5-6,9,13H,4,7-8,10H2,1-3H3. The molecule has 0 aromatic carbocycles. The number of rotatable bonds is 6. The highest BCUT2D eigenvalue weighted by Crippen LogP contribution is 2.03. The zero-order chi connectivity index (χ0) is 11.1. The minimum Gasteiger partial charge on any atom is -0.316 e. The summed E-state index contributed by atoms with van der Waals surface area (Å²) in [5.74, 6) is 0. The Labute approximate surface area is 92.5 Å². The summed E-state index contributed by atoms with van der Waals surface area (Å²) < 4.78 is 0. The van der Waals surface area contributed by atoms with Crippen LogP contribution >= 0.6 is 0 Å². The minimum atomic E-state index is 0.887. The monoisotopic (exact) mass is 207 g/mol. The zero-order valence-corrected chi connectivity index (χ0v) is 9.95. The molecule has 0 bridgehead atoms. The van der Waals surface area contributed by atoms with E-state index in [4.69, 9.17) is 0 Å². The highest BCUT2D eigenvalue weighted by molar-refractivity contribution is 5.13. The molecule has 84 valence electrons. The summed E-state index contributed by atoms with van der Waals surface area (Å²) in [5, 5.41) is 3.11. The molecule has 0 spiro atoms. The third kappa shape index (κ3) is 4.40. The number of nitrogens with zero attached hydrogens (tertiary/aromatic N) is 2. The van der Waals surface area contributed by atoms with Crippen molar-refractivity contribution in [2.75, 3.05) is 20.6 Å². The molecule has 0 aliphatic rings. The Hall–Kier alpha value is -0.930. The van der Waals surface area contributed by atoms with Gasteiger partial charge in [0.25, 0.3) is 0 Å². The zero-order valence-electron chi connectivity index (χ0n) is 9.95. The van der Waals surface area contributed by atoms with Crippen LogP contribution in [0.3, 0.4) is 0 Å². The van der Waals surface area contributed by atoms with Crippen molar-refractivity contribution in [3.8, 4) is 0 Å². The van der Waals surface area contributed by atoms with Crippen LogP contribution in [0, 0.1) is 0 Å². The lowest BCUT2D eigenvalue weighted by Crippen LogP contribution is -2.19. The molecule has 0 fully saturated rings. The van der Waals surface area contributed by atoms with Crippen LogP contribution in [0.5, 0.6) is 0 Å². The molecule has 1 aromatic heterocycles. The Kier molecular flexibility index (Phi) is 5.29. The van der Waals surface area contributed by atoms with Crippen molar-refractivity contribution in [2.24, 2.45) is 0 Å². The maximum Gasteiger partial charge on any atom is 0.0544 e. The van der Waals surface area contributed by atoms with Gasteiger partial charge in [-0.25, -0.2) is 0 Å². The minimum absolute atomic E-state index is 0.887. The molecule has 0 unspecified atom stereocenters. The van der Waals surface area contributed by atoms with E-state index in [-0.39, 0.29) is 0 Å². The summed E-state index contributed by atoms with van der Waals surface area (Å²) in [5.41, 5.74) is 2.38. The van der Waals surface area contributed by atoms with E-state index in [1.165, 1.54) is 12.0 Å². The van der Waals surface area contributed by atoms with Crippen LogP contribution < -0.4 is 5.32 Å². The molecule has 1 heterocycles. The van der Waals surface area contributed by atoms with Crippen molar-refractivity contribution in [3.05, 3.63) is 29.6 Å². The van der Waals surface area contributed by atoms with Crippen LogP contribution in [-0.2, 0) is 13.1 Å². The largest absolute Gasteiger partial charge is 0.316 e. The number of aromatic nitrogens is 1. The van der Waals surface area contributed by atoms with E-state index >= 15 is 0 Å². The number of nitrogens with one attached hydrogen (secondary N) is 1. The number of hydrogen-bond donors (Lipinski definition) is 1. The molecule has 0 aliphatic heterocycles. The molecule has 0 radical (unpaired) electrons. The second-order valence-corrected chi connectivity index (χ2v) is 3.93. The Bertz CT molecular complexity index is 269. The fraction of sp³-hybridized carbons (Fsp3) is 0.583. The maximum atomic E-state index is 4.44. The highest BCUT2D eigenvalue weighted by atomic mass is 15.1. The smallest absolute Gasteiger partial charge is 0.0544 e.